The summed E-state index contributed by atoms with van der Waals surface area (Å²) < 4.78 is 0. The highest BCUT2D eigenvalue weighted by Crippen LogP contribution is 2.03. The number of thioether (sulfide) groups is 1. The summed E-state index contributed by atoms with van der Waals surface area (Å²) in [5, 5.41) is 12.2. The standard InChI is InChI=1S/C8H15N3S/c1-6(2)7(3)11-8(12-4)10-5-9/h6-7H,1-4H3,(H,10,11)/t7-/m0/s1. The molecule has 0 radical (unpaired) electrons. The molecule has 0 amide bonds. The summed E-state index contributed by atoms with van der Waals surface area (Å²) in [4.78, 5) is 3.64. The molecule has 0 aliphatic heterocycles. The Hall–Kier alpha value is -0.690. The molecule has 0 heterocycles. The van der Waals surface area contributed by atoms with Crippen molar-refractivity contribution < 1.29 is 0 Å². The highest BCUT2D eigenvalue weighted by molar-refractivity contribution is 8.13. The topological polar surface area (TPSA) is 48.2 Å². The molecule has 0 saturated carbocycles. The van der Waals surface area contributed by atoms with E-state index in [4.69, 9.17) is 5.26 Å². The highest BCUT2D eigenvalue weighted by atomic mass is 32.2. The van der Waals surface area contributed by atoms with Crippen LogP contribution in [0.25, 0.3) is 0 Å². The van der Waals surface area contributed by atoms with Crippen LogP contribution in [0, 0.1) is 17.4 Å². The van der Waals surface area contributed by atoms with Crippen LogP contribution in [0.15, 0.2) is 4.99 Å². The van der Waals surface area contributed by atoms with Gasteiger partial charge in [-0.05, 0) is 19.1 Å². The van der Waals surface area contributed by atoms with Gasteiger partial charge in [0.05, 0.1) is 0 Å². The Morgan fingerprint density at radius 2 is 2.08 bits per heavy atom. The largest absolute Gasteiger partial charge is 0.361 e. The first kappa shape index (κ1) is 11.3. The number of hydrogen-bond donors (Lipinski definition) is 1. The number of amidine groups is 1. The molecule has 0 aliphatic carbocycles. The Bertz CT molecular complexity index is 193. The molecule has 1 N–H and O–H groups in total. The molecule has 0 aromatic rings. The monoisotopic (exact) mass is 185 g/mol. The predicted octanol–water partition coefficient (Wildman–Crippen LogP) is 1.82. The van der Waals surface area contributed by atoms with Gasteiger partial charge in [-0.3, -0.25) is 0 Å². The summed E-state index contributed by atoms with van der Waals surface area (Å²) in [5.74, 6) is 0.543. The van der Waals surface area contributed by atoms with E-state index in [9.17, 15) is 0 Å². The molecular formula is C8H15N3S. The van der Waals surface area contributed by atoms with Gasteiger partial charge in [-0.25, -0.2) is 0 Å². The number of hydrogen-bond acceptors (Lipinski definition) is 3. The smallest absolute Gasteiger partial charge is 0.208 e. The van der Waals surface area contributed by atoms with Gasteiger partial charge in [0, 0.05) is 6.04 Å². The molecule has 0 unspecified atom stereocenters. The quantitative estimate of drug-likeness (QED) is 0.405. The van der Waals surface area contributed by atoms with Crippen LogP contribution >= 0.6 is 11.8 Å². The number of nitrogens with one attached hydrogen (secondary N) is 1. The van der Waals surface area contributed by atoms with Crippen molar-refractivity contribution in [1.29, 1.82) is 5.26 Å². The van der Waals surface area contributed by atoms with Gasteiger partial charge in [-0.15, -0.1) is 4.99 Å². The maximum Gasteiger partial charge on any atom is 0.208 e. The molecule has 1 atom stereocenters. The van der Waals surface area contributed by atoms with E-state index < -0.39 is 0 Å². The second kappa shape index (κ2) is 5.90. The fourth-order valence-electron chi connectivity index (χ4n) is 0.544. The summed E-state index contributed by atoms with van der Waals surface area (Å²) in [7, 11) is 0. The average Bonchev–Trinajstić information content (AvgIpc) is 2.03. The minimum absolute atomic E-state index is 0.351. The fraction of sp³-hybridized carbons (Fsp3) is 0.750. The third kappa shape index (κ3) is 4.24. The molecule has 0 aromatic carbocycles. The molecule has 3 nitrogen and oxygen atoms in total. The van der Waals surface area contributed by atoms with Crippen molar-refractivity contribution in [3.05, 3.63) is 0 Å². The molecule has 0 aromatic heterocycles. The molecular weight excluding hydrogens is 170 g/mol. The maximum atomic E-state index is 8.33. The van der Waals surface area contributed by atoms with Crippen LogP contribution in [0.3, 0.4) is 0 Å². The summed E-state index contributed by atoms with van der Waals surface area (Å²) >= 11 is 1.46. The maximum absolute atomic E-state index is 8.33. The average molecular weight is 185 g/mol. The molecule has 0 rings (SSSR count). The van der Waals surface area contributed by atoms with E-state index in [1.165, 1.54) is 11.8 Å². The molecule has 0 fully saturated rings. The van der Waals surface area contributed by atoms with E-state index >= 15 is 0 Å². The van der Waals surface area contributed by atoms with Gasteiger partial charge < -0.3 is 5.32 Å². The van der Waals surface area contributed by atoms with Crippen molar-refractivity contribution in [3.63, 3.8) is 0 Å². The van der Waals surface area contributed by atoms with Crippen LogP contribution in [0.2, 0.25) is 0 Å². The van der Waals surface area contributed by atoms with Crippen molar-refractivity contribution in [2.75, 3.05) is 6.26 Å². The summed E-state index contributed by atoms with van der Waals surface area (Å²) in [6.07, 6.45) is 3.67. The SMILES string of the molecule is CSC(=NC#N)N[C@@H](C)C(C)C. The van der Waals surface area contributed by atoms with Gasteiger partial charge in [-0.1, -0.05) is 25.6 Å². The van der Waals surface area contributed by atoms with E-state index in [0.717, 1.165) is 0 Å². The van der Waals surface area contributed by atoms with Crippen LogP contribution in [-0.4, -0.2) is 17.5 Å². The predicted molar refractivity (Wildman–Crippen MR) is 54.0 cm³/mol. The lowest BCUT2D eigenvalue weighted by molar-refractivity contribution is 0.490. The van der Waals surface area contributed by atoms with Crippen molar-refractivity contribution in [2.24, 2.45) is 10.9 Å². The highest BCUT2D eigenvalue weighted by Gasteiger charge is 2.07. The zero-order valence-corrected chi connectivity index (χ0v) is 8.77. The Morgan fingerprint density at radius 3 is 2.42 bits per heavy atom. The van der Waals surface area contributed by atoms with E-state index in [2.05, 4.69) is 31.1 Å². The van der Waals surface area contributed by atoms with Crippen LogP contribution in [0.4, 0.5) is 0 Å². The Morgan fingerprint density at radius 1 is 1.50 bits per heavy atom. The normalized spacial score (nSPS) is 14.2. The van der Waals surface area contributed by atoms with Gasteiger partial charge in [0.1, 0.15) is 0 Å². The Balaban J connectivity index is 4.05. The lowest BCUT2D eigenvalue weighted by atomic mass is 10.1. The van der Waals surface area contributed by atoms with Gasteiger partial charge in [-0.2, -0.15) is 5.26 Å². The van der Waals surface area contributed by atoms with E-state index in [1.807, 2.05) is 6.26 Å². The van der Waals surface area contributed by atoms with Crippen molar-refractivity contribution in [3.8, 4) is 6.19 Å². The van der Waals surface area contributed by atoms with E-state index in [1.54, 1.807) is 6.19 Å². The van der Waals surface area contributed by atoms with Gasteiger partial charge in [0.2, 0.25) is 6.19 Å². The van der Waals surface area contributed by atoms with Crippen LogP contribution in [-0.2, 0) is 0 Å². The number of rotatable bonds is 2. The minimum atomic E-state index is 0.351. The van der Waals surface area contributed by atoms with Gasteiger partial charge >= 0.3 is 0 Å². The molecule has 0 spiro atoms. The minimum Gasteiger partial charge on any atom is -0.361 e. The molecule has 12 heavy (non-hydrogen) atoms. The van der Waals surface area contributed by atoms with Crippen molar-refractivity contribution in [1.82, 2.24) is 5.32 Å². The first-order valence-corrected chi connectivity index (χ1v) is 5.11. The first-order chi connectivity index (χ1) is 5.61. The fourth-order valence-corrected chi connectivity index (χ4v) is 0.980. The molecule has 0 bridgehead atoms. The van der Waals surface area contributed by atoms with Crippen LogP contribution < -0.4 is 5.32 Å². The lowest BCUT2D eigenvalue weighted by Gasteiger charge is -2.17. The van der Waals surface area contributed by atoms with Crippen molar-refractivity contribution >= 4 is 16.9 Å². The lowest BCUT2D eigenvalue weighted by Crippen LogP contribution is -2.34. The summed E-state index contributed by atoms with van der Waals surface area (Å²) in [5.41, 5.74) is 0. The van der Waals surface area contributed by atoms with Crippen LogP contribution in [0.5, 0.6) is 0 Å². The van der Waals surface area contributed by atoms with Gasteiger partial charge in [0.15, 0.2) is 5.17 Å². The molecule has 4 heteroatoms. The van der Waals surface area contributed by atoms with Crippen LogP contribution in [0.1, 0.15) is 20.8 Å². The van der Waals surface area contributed by atoms with Gasteiger partial charge in [0.25, 0.3) is 0 Å². The second-order valence-electron chi connectivity index (χ2n) is 2.90. The number of nitrogens with zero attached hydrogens (tertiary/aromatic N) is 2. The zero-order chi connectivity index (χ0) is 9.56. The van der Waals surface area contributed by atoms with E-state index in [0.29, 0.717) is 17.1 Å². The Labute approximate surface area is 78.3 Å². The molecule has 68 valence electrons. The third-order valence-electron chi connectivity index (χ3n) is 1.70. The molecule has 0 saturated heterocycles. The number of aliphatic imine (C=N–C) groups is 1. The van der Waals surface area contributed by atoms with Crippen molar-refractivity contribution in [2.45, 2.75) is 26.8 Å². The Kier molecular flexibility index (Phi) is 5.56. The summed E-state index contributed by atoms with van der Waals surface area (Å²) in [6.45, 7) is 6.33. The zero-order valence-electron chi connectivity index (χ0n) is 7.96. The second-order valence-corrected chi connectivity index (χ2v) is 3.69. The first-order valence-electron chi connectivity index (χ1n) is 3.89. The third-order valence-corrected chi connectivity index (χ3v) is 2.29. The summed E-state index contributed by atoms with van der Waals surface area (Å²) in [6, 6.07) is 0.351. The number of nitriles is 1. The van der Waals surface area contributed by atoms with E-state index in [-0.39, 0.29) is 0 Å². The molecule has 0 aliphatic rings.